The highest BCUT2D eigenvalue weighted by molar-refractivity contribution is 9.10. The SMILES string of the molecule is CCOC(=O)CCN(CC(C)C)C(=O)c1ccccc1Br. The number of benzene rings is 1. The summed E-state index contributed by atoms with van der Waals surface area (Å²) in [6.07, 6.45) is 0.219. The zero-order valence-electron chi connectivity index (χ0n) is 12.8. The molecule has 21 heavy (non-hydrogen) atoms. The Balaban J connectivity index is 2.79. The number of halogens is 1. The molecule has 0 aliphatic heterocycles. The molecule has 5 heteroatoms. The van der Waals surface area contributed by atoms with E-state index in [9.17, 15) is 9.59 Å². The van der Waals surface area contributed by atoms with Crippen LogP contribution in [-0.4, -0.2) is 36.5 Å². The van der Waals surface area contributed by atoms with E-state index in [1.54, 1.807) is 17.9 Å². The van der Waals surface area contributed by atoms with Gasteiger partial charge in [-0.25, -0.2) is 0 Å². The first-order valence-electron chi connectivity index (χ1n) is 7.15. The molecule has 1 aromatic carbocycles. The molecule has 0 aromatic heterocycles. The molecule has 0 aliphatic carbocycles. The molecule has 0 heterocycles. The Labute approximate surface area is 134 Å². The number of amides is 1. The number of carbonyl (C=O) groups is 2. The molecule has 0 radical (unpaired) electrons. The molecule has 0 saturated carbocycles. The van der Waals surface area contributed by atoms with Gasteiger partial charge in [0, 0.05) is 17.6 Å². The van der Waals surface area contributed by atoms with Crippen LogP contribution in [-0.2, 0) is 9.53 Å². The fraction of sp³-hybridized carbons (Fsp3) is 0.500. The van der Waals surface area contributed by atoms with Crippen LogP contribution in [0.15, 0.2) is 28.7 Å². The first-order chi connectivity index (χ1) is 9.95. The minimum atomic E-state index is -0.272. The van der Waals surface area contributed by atoms with Crippen LogP contribution < -0.4 is 0 Å². The summed E-state index contributed by atoms with van der Waals surface area (Å²) in [5, 5.41) is 0. The molecule has 0 unspecified atom stereocenters. The van der Waals surface area contributed by atoms with E-state index in [1.165, 1.54) is 0 Å². The van der Waals surface area contributed by atoms with Gasteiger partial charge in [-0.3, -0.25) is 9.59 Å². The molecule has 1 rings (SSSR count). The lowest BCUT2D eigenvalue weighted by atomic mass is 10.1. The summed E-state index contributed by atoms with van der Waals surface area (Å²) in [6, 6.07) is 7.32. The van der Waals surface area contributed by atoms with Crippen LogP contribution >= 0.6 is 15.9 Å². The Morgan fingerprint density at radius 3 is 2.52 bits per heavy atom. The second kappa shape index (κ2) is 8.82. The summed E-state index contributed by atoms with van der Waals surface area (Å²) in [6.45, 7) is 7.21. The van der Waals surface area contributed by atoms with Crippen molar-refractivity contribution in [1.29, 1.82) is 0 Å². The van der Waals surface area contributed by atoms with Crippen molar-refractivity contribution in [3.05, 3.63) is 34.3 Å². The Morgan fingerprint density at radius 2 is 1.95 bits per heavy atom. The van der Waals surface area contributed by atoms with E-state index in [1.807, 2.05) is 32.0 Å². The van der Waals surface area contributed by atoms with Gasteiger partial charge in [-0.15, -0.1) is 0 Å². The lowest BCUT2D eigenvalue weighted by molar-refractivity contribution is -0.143. The summed E-state index contributed by atoms with van der Waals surface area (Å²) >= 11 is 3.40. The first-order valence-corrected chi connectivity index (χ1v) is 7.94. The van der Waals surface area contributed by atoms with Crippen molar-refractivity contribution < 1.29 is 14.3 Å². The van der Waals surface area contributed by atoms with Crippen LogP contribution in [0.25, 0.3) is 0 Å². The highest BCUT2D eigenvalue weighted by Gasteiger charge is 2.20. The quantitative estimate of drug-likeness (QED) is 0.703. The average Bonchev–Trinajstić information content (AvgIpc) is 2.43. The standard InChI is InChI=1S/C16H22BrNO3/c1-4-21-15(19)9-10-18(11-12(2)3)16(20)13-7-5-6-8-14(13)17/h5-8,12H,4,9-11H2,1-3H3. The van der Waals surface area contributed by atoms with Crippen LogP contribution in [0.1, 0.15) is 37.6 Å². The van der Waals surface area contributed by atoms with Gasteiger partial charge in [-0.2, -0.15) is 0 Å². The molecule has 4 nitrogen and oxygen atoms in total. The highest BCUT2D eigenvalue weighted by atomic mass is 79.9. The first kappa shape index (κ1) is 17.7. The summed E-state index contributed by atoms with van der Waals surface area (Å²) < 4.78 is 5.68. The van der Waals surface area contributed by atoms with Gasteiger partial charge in [-0.05, 0) is 40.9 Å². The lowest BCUT2D eigenvalue weighted by Crippen LogP contribution is -2.36. The molecule has 0 saturated heterocycles. The van der Waals surface area contributed by atoms with E-state index >= 15 is 0 Å². The third-order valence-electron chi connectivity index (χ3n) is 2.87. The van der Waals surface area contributed by atoms with Gasteiger partial charge in [-0.1, -0.05) is 26.0 Å². The van der Waals surface area contributed by atoms with Crippen LogP contribution in [0.5, 0.6) is 0 Å². The maximum absolute atomic E-state index is 12.6. The summed E-state index contributed by atoms with van der Waals surface area (Å²) in [5.74, 6) is -0.00899. The van der Waals surface area contributed by atoms with Crippen molar-refractivity contribution in [2.75, 3.05) is 19.7 Å². The molecule has 0 fully saturated rings. The van der Waals surface area contributed by atoms with Crippen LogP contribution in [0.4, 0.5) is 0 Å². The summed E-state index contributed by atoms with van der Waals surface area (Å²) in [4.78, 5) is 25.8. The number of ether oxygens (including phenoxy) is 1. The maximum Gasteiger partial charge on any atom is 0.307 e. The van der Waals surface area contributed by atoms with Gasteiger partial charge < -0.3 is 9.64 Å². The molecule has 0 aliphatic rings. The molecule has 0 spiro atoms. The number of nitrogens with zero attached hydrogens (tertiary/aromatic N) is 1. The number of hydrogen-bond acceptors (Lipinski definition) is 3. The van der Waals surface area contributed by atoms with Crippen molar-refractivity contribution in [3.8, 4) is 0 Å². The van der Waals surface area contributed by atoms with Gasteiger partial charge in [0.25, 0.3) is 5.91 Å². The summed E-state index contributed by atoms with van der Waals surface area (Å²) in [7, 11) is 0. The van der Waals surface area contributed by atoms with Gasteiger partial charge in [0.15, 0.2) is 0 Å². The van der Waals surface area contributed by atoms with E-state index in [2.05, 4.69) is 15.9 Å². The zero-order chi connectivity index (χ0) is 15.8. The number of rotatable bonds is 7. The van der Waals surface area contributed by atoms with E-state index in [4.69, 9.17) is 4.74 Å². The number of esters is 1. The molecule has 1 amide bonds. The predicted molar refractivity (Wildman–Crippen MR) is 86.1 cm³/mol. The molecular formula is C16H22BrNO3. The van der Waals surface area contributed by atoms with Gasteiger partial charge >= 0.3 is 5.97 Å². The van der Waals surface area contributed by atoms with Crippen molar-refractivity contribution in [2.24, 2.45) is 5.92 Å². The number of hydrogen-bond donors (Lipinski definition) is 0. The molecule has 0 bridgehead atoms. The maximum atomic E-state index is 12.6. The summed E-state index contributed by atoms with van der Waals surface area (Å²) in [5.41, 5.74) is 0.613. The predicted octanol–water partition coefficient (Wildman–Crippen LogP) is 3.50. The molecule has 116 valence electrons. The lowest BCUT2D eigenvalue weighted by Gasteiger charge is -2.24. The molecule has 0 N–H and O–H groups in total. The second-order valence-electron chi connectivity index (χ2n) is 5.18. The van der Waals surface area contributed by atoms with E-state index < -0.39 is 0 Å². The van der Waals surface area contributed by atoms with Gasteiger partial charge in [0.05, 0.1) is 18.6 Å². The van der Waals surface area contributed by atoms with E-state index in [0.717, 1.165) is 4.47 Å². The molecule has 0 atom stereocenters. The Kier molecular flexibility index (Phi) is 7.43. The minimum absolute atomic E-state index is 0.0690. The largest absolute Gasteiger partial charge is 0.466 e. The van der Waals surface area contributed by atoms with Crippen molar-refractivity contribution in [1.82, 2.24) is 4.90 Å². The van der Waals surface area contributed by atoms with Crippen LogP contribution in [0.3, 0.4) is 0 Å². The molecule has 1 aromatic rings. The Bertz CT molecular complexity index is 488. The monoisotopic (exact) mass is 355 g/mol. The Hall–Kier alpha value is -1.36. The average molecular weight is 356 g/mol. The smallest absolute Gasteiger partial charge is 0.307 e. The van der Waals surface area contributed by atoms with Crippen LogP contribution in [0.2, 0.25) is 0 Å². The second-order valence-corrected chi connectivity index (χ2v) is 6.03. The third-order valence-corrected chi connectivity index (χ3v) is 3.56. The topological polar surface area (TPSA) is 46.6 Å². The van der Waals surface area contributed by atoms with Crippen molar-refractivity contribution in [2.45, 2.75) is 27.2 Å². The molecular weight excluding hydrogens is 334 g/mol. The minimum Gasteiger partial charge on any atom is -0.466 e. The highest BCUT2D eigenvalue weighted by Crippen LogP contribution is 2.18. The van der Waals surface area contributed by atoms with E-state index in [0.29, 0.717) is 31.2 Å². The van der Waals surface area contributed by atoms with Crippen molar-refractivity contribution >= 4 is 27.8 Å². The van der Waals surface area contributed by atoms with Gasteiger partial charge in [0.1, 0.15) is 0 Å². The normalized spacial score (nSPS) is 10.5. The van der Waals surface area contributed by atoms with Crippen molar-refractivity contribution in [3.63, 3.8) is 0 Å². The van der Waals surface area contributed by atoms with E-state index in [-0.39, 0.29) is 18.3 Å². The fourth-order valence-corrected chi connectivity index (χ4v) is 2.44. The van der Waals surface area contributed by atoms with Gasteiger partial charge in [0.2, 0.25) is 0 Å². The Morgan fingerprint density at radius 1 is 1.29 bits per heavy atom. The third kappa shape index (κ3) is 5.87. The fourth-order valence-electron chi connectivity index (χ4n) is 1.98. The van der Waals surface area contributed by atoms with Crippen LogP contribution in [0, 0.1) is 5.92 Å². The number of carbonyl (C=O) groups excluding carboxylic acids is 2. The zero-order valence-corrected chi connectivity index (χ0v) is 14.4.